The van der Waals surface area contributed by atoms with E-state index in [2.05, 4.69) is 15.0 Å². The Bertz CT molecular complexity index is 777. The number of carbonyl (C=O) groups excluding carboxylic acids is 3. The first kappa shape index (κ1) is 18.9. The quantitative estimate of drug-likeness (QED) is 0.738. The van der Waals surface area contributed by atoms with Crippen LogP contribution in [0.4, 0.5) is 5.13 Å². The molecule has 0 saturated carbocycles. The number of thiazole rings is 1. The molecule has 1 heterocycles. The molecule has 9 heteroatoms. The average Bonchev–Trinajstić information content (AvgIpc) is 3.01. The van der Waals surface area contributed by atoms with Crippen LogP contribution in [0.25, 0.3) is 0 Å². The average molecular weight is 383 g/mol. The number of nitrogens with zero attached hydrogens (tertiary/aromatic N) is 1. The summed E-state index contributed by atoms with van der Waals surface area (Å²) in [5, 5.41) is 4.91. The Hall–Kier alpha value is -2.45. The van der Waals surface area contributed by atoms with Gasteiger partial charge in [0.1, 0.15) is 0 Å². The highest BCUT2D eigenvalue weighted by molar-refractivity contribution is 7.13. The van der Waals surface area contributed by atoms with E-state index in [0.29, 0.717) is 21.4 Å². The van der Waals surface area contributed by atoms with E-state index in [-0.39, 0.29) is 12.8 Å². The third-order valence-electron chi connectivity index (χ3n) is 3.01. The smallest absolute Gasteiger partial charge is 0.311 e. The molecule has 0 bridgehead atoms. The number of nitrogens with one attached hydrogen (secondary N) is 1. The lowest BCUT2D eigenvalue weighted by Crippen LogP contribution is -2.21. The number of benzene rings is 1. The Morgan fingerprint density at radius 3 is 2.68 bits per heavy atom. The monoisotopic (exact) mass is 382 g/mol. The van der Waals surface area contributed by atoms with Gasteiger partial charge in [-0.2, -0.15) is 0 Å². The fourth-order valence-electron chi connectivity index (χ4n) is 1.82. The van der Waals surface area contributed by atoms with E-state index in [4.69, 9.17) is 16.3 Å². The van der Waals surface area contributed by atoms with Crippen LogP contribution >= 0.6 is 22.9 Å². The minimum atomic E-state index is -0.561. The summed E-state index contributed by atoms with van der Waals surface area (Å²) < 4.78 is 9.45. The van der Waals surface area contributed by atoms with Gasteiger partial charge in [-0.1, -0.05) is 29.8 Å². The van der Waals surface area contributed by atoms with Gasteiger partial charge in [0.25, 0.3) is 5.91 Å². The highest BCUT2D eigenvalue weighted by Crippen LogP contribution is 2.17. The third kappa shape index (κ3) is 6.17. The molecule has 0 aliphatic rings. The molecule has 0 aliphatic carbocycles. The zero-order chi connectivity index (χ0) is 18.2. The van der Waals surface area contributed by atoms with Crippen molar-refractivity contribution in [1.82, 2.24) is 4.98 Å². The molecule has 25 heavy (non-hydrogen) atoms. The van der Waals surface area contributed by atoms with E-state index >= 15 is 0 Å². The van der Waals surface area contributed by atoms with Crippen LogP contribution < -0.4 is 5.32 Å². The minimum Gasteiger partial charge on any atom is -0.469 e. The highest BCUT2D eigenvalue weighted by atomic mass is 35.5. The summed E-state index contributed by atoms with van der Waals surface area (Å²) in [6.07, 6.45) is 0.00315. The van der Waals surface area contributed by atoms with Gasteiger partial charge < -0.3 is 9.47 Å². The molecule has 0 unspecified atom stereocenters. The summed E-state index contributed by atoms with van der Waals surface area (Å²) in [5.74, 6) is -1.50. The standard InChI is InChI=1S/C16H15ClN2O5S/c1-23-14(21)7-11-9-25-16(18-11)19-13(20)8-24-15(22)6-10-4-2-3-5-12(10)17/h2-5,9H,6-8H2,1H3,(H,18,19,20). The number of esters is 2. The topological polar surface area (TPSA) is 94.6 Å². The van der Waals surface area contributed by atoms with Crippen molar-refractivity contribution in [2.45, 2.75) is 12.8 Å². The molecular formula is C16H15ClN2O5S. The molecule has 1 aromatic carbocycles. The number of hydrogen-bond acceptors (Lipinski definition) is 7. The first-order chi connectivity index (χ1) is 12.0. The molecule has 0 spiro atoms. The van der Waals surface area contributed by atoms with Crippen molar-refractivity contribution in [2.75, 3.05) is 19.0 Å². The van der Waals surface area contributed by atoms with Crippen molar-refractivity contribution < 1.29 is 23.9 Å². The molecular weight excluding hydrogens is 368 g/mol. The summed E-state index contributed by atoms with van der Waals surface area (Å²) in [6, 6.07) is 6.90. The van der Waals surface area contributed by atoms with Gasteiger partial charge in [-0.3, -0.25) is 19.7 Å². The first-order valence-corrected chi connectivity index (χ1v) is 8.43. The number of anilines is 1. The van der Waals surface area contributed by atoms with E-state index < -0.39 is 24.5 Å². The van der Waals surface area contributed by atoms with E-state index in [1.807, 2.05) is 0 Å². The summed E-state index contributed by atoms with van der Waals surface area (Å²) in [4.78, 5) is 38.8. The second-order valence-electron chi connectivity index (χ2n) is 4.87. The summed E-state index contributed by atoms with van der Waals surface area (Å²) in [7, 11) is 1.29. The lowest BCUT2D eigenvalue weighted by Gasteiger charge is -2.06. The second-order valence-corrected chi connectivity index (χ2v) is 6.14. The van der Waals surface area contributed by atoms with Crippen molar-refractivity contribution in [2.24, 2.45) is 0 Å². The Balaban J connectivity index is 1.78. The van der Waals surface area contributed by atoms with Crippen LogP contribution in [0.3, 0.4) is 0 Å². The molecule has 2 aromatic rings. The number of rotatable bonds is 7. The van der Waals surface area contributed by atoms with Gasteiger partial charge in [-0.15, -0.1) is 11.3 Å². The molecule has 0 fully saturated rings. The maximum Gasteiger partial charge on any atom is 0.311 e. The number of amides is 1. The lowest BCUT2D eigenvalue weighted by atomic mass is 10.1. The third-order valence-corrected chi connectivity index (χ3v) is 4.18. The van der Waals surface area contributed by atoms with Gasteiger partial charge in [-0.25, -0.2) is 4.98 Å². The van der Waals surface area contributed by atoms with E-state index in [1.165, 1.54) is 7.11 Å². The zero-order valence-corrected chi connectivity index (χ0v) is 14.9. The highest BCUT2D eigenvalue weighted by Gasteiger charge is 2.13. The molecule has 0 radical (unpaired) electrons. The fourth-order valence-corrected chi connectivity index (χ4v) is 2.74. The number of carbonyl (C=O) groups is 3. The molecule has 0 aliphatic heterocycles. The Morgan fingerprint density at radius 2 is 1.96 bits per heavy atom. The van der Waals surface area contributed by atoms with Crippen LogP contribution in [0.15, 0.2) is 29.6 Å². The van der Waals surface area contributed by atoms with Crippen molar-refractivity contribution >= 4 is 45.9 Å². The van der Waals surface area contributed by atoms with Gasteiger partial charge in [0.05, 0.1) is 25.6 Å². The summed E-state index contributed by atoms with van der Waals surface area (Å²) in [6.45, 7) is -0.435. The van der Waals surface area contributed by atoms with E-state index in [0.717, 1.165) is 11.3 Å². The maximum atomic E-state index is 11.8. The molecule has 1 aromatic heterocycles. The predicted octanol–water partition coefficient (Wildman–Crippen LogP) is 2.24. The van der Waals surface area contributed by atoms with Crippen molar-refractivity contribution in [3.8, 4) is 0 Å². The van der Waals surface area contributed by atoms with Crippen LogP contribution in [0.2, 0.25) is 5.02 Å². The van der Waals surface area contributed by atoms with E-state index in [9.17, 15) is 14.4 Å². The number of ether oxygens (including phenoxy) is 2. The van der Waals surface area contributed by atoms with Crippen LogP contribution in [0, 0.1) is 0 Å². The van der Waals surface area contributed by atoms with Gasteiger partial charge in [-0.05, 0) is 11.6 Å². The molecule has 0 saturated heterocycles. The summed E-state index contributed by atoms with van der Waals surface area (Å²) >= 11 is 7.12. The molecule has 1 N–H and O–H groups in total. The predicted molar refractivity (Wildman–Crippen MR) is 92.6 cm³/mol. The molecule has 0 atom stereocenters. The Kier molecular flexibility index (Phi) is 6.91. The second kappa shape index (κ2) is 9.14. The van der Waals surface area contributed by atoms with Crippen LogP contribution in [-0.2, 0) is 36.7 Å². The zero-order valence-electron chi connectivity index (χ0n) is 13.3. The molecule has 132 valence electrons. The lowest BCUT2D eigenvalue weighted by molar-refractivity contribution is -0.146. The van der Waals surface area contributed by atoms with Gasteiger partial charge in [0.2, 0.25) is 0 Å². The number of methoxy groups -OCH3 is 1. The van der Waals surface area contributed by atoms with Gasteiger partial charge >= 0.3 is 11.9 Å². The van der Waals surface area contributed by atoms with Crippen LogP contribution in [-0.4, -0.2) is 36.5 Å². The van der Waals surface area contributed by atoms with Crippen molar-refractivity contribution in [3.05, 3.63) is 45.9 Å². The number of aromatic nitrogens is 1. The summed E-state index contributed by atoms with van der Waals surface area (Å²) in [5.41, 5.74) is 1.12. The van der Waals surface area contributed by atoms with Crippen molar-refractivity contribution in [1.29, 1.82) is 0 Å². The molecule has 2 rings (SSSR count). The largest absolute Gasteiger partial charge is 0.469 e. The number of hydrogen-bond donors (Lipinski definition) is 1. The van der Waals surface area contributed by atoms with Gasteiger partial charge in [0, 0.05) is 10.4 Å². The normalized spacial score (nSPS) is 10.2. The SMILES string of the molecule is COC(=O)Cc1csc(NC(=O)COC(=O)Cc2ccccc2Cl)n1. The van der Waals surface area contributed by atoms with Crippen molar-refractivity contribution in [3.63, 3.8) is 0 Å². The maximum absolute atomic E-state index is 11.8. The Labute approximate surface area is 152 Å². The minimum absolute atomic E-state index is 0.0204. The molecule has 7 nitrogen and oxygen atoms in total. The van der Waals surface area contributed by atoms with Crippen LogP contribution in [0.5, 0.6) is 0 Å². The van der Waals surface area contributed by atoms with Gasteiger partial charge in [0.15, 0.2) is 11.7 Å². The van der Waals surface area contributed by atoms with Crippen LogP contribution in [0.1, 0.15) is 11.3 Å². The Morgan fingerprint density at radius 1 is 1.20 bits per heavy atom. The molecule has 1 amide bonds. The number of halogens is 1. The first-order valence-electron chi connectivity index (χ1n) is 7.18. The fraction of sp³-hybridized carbons (Fsp3) is 0.250. The van der Waals surface area contributed by atoms with E-state index in [1.54, 1.807) is 29.6 Å².